The topological polar surface area (TPSA) is 31.4 Å². The Labute approximate surface area is 151 Å². The SMILES string of the molecule is Cc1cc2nc(C=Cc3ccc4c(c3)OCCO4)sc2cc1C.Cl. The average Bonchev–Trinajstić information content (AvgIpc) is 2.95. The molecule has 0 unspecified atom stereocenters. The van der Waals surface area contributed by atoms with Gasteiger partial charge < -0.3 is 9.47 Å². The molecule has 5 heteroatoms. The van der Waals surface area contributed by atoms with E-state index in [1.54, 1.807) is 11.3 Å². The van der Waals surface area contributed by atoms with Crippen LogP contribution in [0.5, 0.6) is 11.5 Å². The zero-order valence-electron chi connectivity index (χ0n) is 13.5. The average molecular weight is 360 g/mol. The van der Waals surface area contributed by atoms with Crippen molar-refractivity contribution >= 4 is 46.1 Å². The smallest absolute Gasteiger partial charge is 0.161 e. The third kappa shape index (κ3) is 3.25. The van der Waals surface area contributed by atoms with Crippen LogP contribution in [0.4, 0.5) is 0 Å². The summed E-state index contributed by atoms with van der Waals surface area (Å²) in [6, 6.07) is 10.4. The lowest BCUT2D eigenvalue weighted by atomic mass is 10.1. The Morgan fingerprint density at radius 1 is 0.958 bits per heavy atom. The molecule has 3 aromatic rings. The third-order valence-electron chi connectivity index (χ3n) is 4.01. The summed E-state index contributed by atoms with van der Waals surface area (Å²) in [6.45, 7) is 5.49. The molecule has 1 aliphatic heterocycles. The van der Waals surface area contributed by atoms with Crippen LogP contribution in [0.25, 0.3) is 22.4 Å². The minimum Gasteiger partial charge on any atom is -0.486 e. The second-order valence-corrected chi connectivity index (χ2v) is 6.75. The van der Waals surface area contributed by atoms with Crippen molar-refractivity contribution in [2.45, 2.75) is 13.8 Å². The quantitative estimate of drug-likeness (QED) is 0.624. The van der Waals surface area contributed by atoms with Gasteiger partial charge in [-0.05, 0) is 60.9 Å². The molecular weight excluding hydrogens is 342 g/mol. The van der Waals surface area contributed by atoms with Gasteiger partial charge in [0.1, 0.15) is 18.2 Å². The molecule has 2 aromatic carbocycles. The number of ether oxygens (including phenoxy) is 2. The van der Waals surface area contributed by atoms with E-state index in [1.807, 2.05) is 18.2 Å². The second kappa shape index (κ2) is 6.83. The molecule has 1 aliphatic rings. The highest BCUT2D eigenvalue weighted by Crippen LogP contribution is 2.32. The molecule has 4 rings (SSSR count). The van der Waals surface area contributed by atoms with Gasteiger partial charge in [0.25, 0.3) is 0 Å². The van der Waals surface area contributed by atoms with Crippen molar-refractivity contribution in [1.29, 1.82) is 0 Å². The molecule has 2 heterocycles. The van der Waals surface area contributed by atoms with Gasteiger partial charge in [-0.15, -0.1) is 23.7 Å². The summed E-state index contributed by atoms with van der Waals surface area (Å²) in [5.41, 5.74) is 4.74. The van der Waals surface area contributed by atoms with Gasteiger partial charge >= 0.3 is 0 Å². The summed E-state index contributed by atoms with van der Waals surface area (Å²) < 4.78 is 12.4. The number of halogens is 1. The first-order valence-electron chi connectivity index (χ1n) is 7.64. The van der Waals surface area contributed by atoms with E-state index in [9.17, 15) is 0 Å². The van der Waals surface area contributed by atoms with E-state index in [2.05, 4.69) is 38.1 Å². The van der Waals surface area contributed by atoms with Crippen molar-refractivity contribution in [3.05, 3.63) is 52.0 Å². The molecule has 0 amide bonds. The van der Waals surface area contributed by atoms with Crippen molar-refractivity contribution in [3.8, 4) is 11.5 Å². The van der Waals surface area contributed by atoms with Gasteiger partial charge in [-0.25, -0.2) is 4.98 Å². The normalized spacial score (nSPS) is 13.2. The zero-order chi connectivity index (χ0) is 15.8. The van der Waals surface area contributed by atoms with E-state index < -0.39 is 0 Å². The van der Waals surface area contributed by atoms with Gasteiger partial charge in [-0.2, -0.15) is 0 Å². The van der Waals surface area contributed by atoms with Crippen molar-refractivity contribution in [1.82, 2.24) is 4.98 Å². The molecule has 0 aliphatic carbocycles. The van der Waals surface area contributed by atoms with Gasteiger partial charge in [-0.3, -0.25) is 0 Å². The fourth-order valence-electron chi connectivity index (χ4n) is 2.60. The molecule has 0 saturated carbocycles. The third-order valence-corrected chi connectivity index (χ3v) is 4.99. The van der Waals surface area contributed by atoms with Gasteiger partial charge in [-0.1, -0.05) is 12.1 Å². The van der Waals surface area contributed by atoms with E-state index in [0.29, 0.717) is 13.2 Å². The van der Waals surface area contributed by atoms with Crippen LogP contribution in [0, 0.1) is 13.8 Å². The van der Waals surface area contributed by atoms with E-state index in [1.165, 1.54) is 15.8 Å². The minimum atomic E-state index is 0. The van der Waals surface area contributed by atoms with Crippen molar-refractivity contribution in [2.75, 3.05) is 13.2 Å². The number of hydrogen-bond donors (Lipinski definition) is 0. The van der Waals surface area contributed by atoms with Crippen LogP contribution >= 0.6 is 23.7 Å². The molecule has 0 saturated heterocycles. The molecule has 0 bridgehead atoms. The van der Waals surface area contributed by atoms with E-state index in [0.717, 1.165) is 27.6 Å². The molecule has 124 valence electrons. The Bertz CT molecular complexity index is 878. The van der Waals surface area contributed by atoms with Gasteiger partial charge in [0.2, 0.25) is 0 Å². The first-order chi connectivity index (χ1) is 11.2. The van der Waals surface area contributed by atoms with E-state index >= 15 is 0 Å². The lowest BCUT2D eigenvalue weighted by Gasteiger charge is -2.18. The van der Waals surface area contributed by atoms with Crippen molar-refractivity contribution in [2.24, 2.45) is 0 Å². The standard InChI is InChI=1S/C19H17NO2S.ClH/c1-12-9-15-18(10-13(12)2)23-19(20-15)6-4-14-3-5-16-17(11-14)22-8-7-21-16;/h3-6,9-11H,7-8H2,1-2H3;1H. The predicted octanol–water partition coefficient (Wildman–Crippen LogP) is 5.28. The monoisotopic (exact) mass is 359 g/mol. The lowest BCUT2D eigenvalue weighted by Crippen LogP contribution is -2.15. The fourth-order valence-corrected chi connectivity index (χ4v) is 3.55. The van der Waals surface area contributed by atoms with Crippen molar-refractivity contribution < 1.29 is 9.47 Å². The highest BCUT2D eigenvalue weighted by molar-refractivity contribution is 7.19. The summed E-state index contributed by atoms with van der Waals surface area (Å²) in [5.74, 6) is 1.63. The highest BCUT2D eigenvalue weighted by Gasteiger charge is 2.10. The number of nitrogens with zero attached hydrogens (tertiary/aromatic N) is 1. The molecular formula is C19H18ClNO2S. The first-order valence-corrected chi connectivity index (χ1v) is 8.46. The molecule has 0 radical (unpaired) electrons. The number of hydrogen-bond acceptors (Lipinski definition) is 4. The van der Waals surface area contributed by atoms with Crippen LogP contribution in [0.1, 0.15) is 21.7 Å². The zero-order valence-corrected chi connectivity index (χ0v) is 15.2. The number of thiazole rings is 1. The molecule has 0 fully saturated rings. The van der Waals surface area contributed by atoms with Crippen LogP contribution < -0.4 is 9.47 Å². The highest BCUT2D eigenvalue weighted by atomic mass is 35.5. The largest absolute Gasteiger partial charge is 0.486 e. The maximum Gasteiger partial charge on any atom is 0.161 e. The molecule has 3 nitrogen and oxygen atoms in total. The Balaban J connectivity index is 0.00000169. The van der Waals surface area contributed by atoms with Crippen LogP contribution in [0.15, 0.2) is 30.3 Å². The van der Waals surface area contributed by atoms with Crippen LogP contribution in [0.2, 0.25) is 0 Å². The van der Waals surface area contributed by atoms with Crippen molar-refractivity contribution in [3.63, 3.8) is 0 Å². The number of fused-ring (bicyclic) bond motifs is 2. The number of aryl methyl sites for hydroxylation is 2. The maximum atomic E-state index is 5.62. The Morgan fingerprint density at radius 2 is 1.71 bits per heavy atom. The molecule has 1 aromatic heterocycles. The summed E-state index contributed by atoms with van der Waals surface area (Å²) in [4.78, 5) is 4.69. The van der Waals surface area contributed by atoms with Crippen LogP contribution in [-0.2, 0) is 0 Å². The number of benzene rings is 2. The summed E-state index contributed by atoms with van der Waals surface area (Å²) in [5, 5.41) is 1.01. The Kier molecular flexibility index (Phi) is 4.78. The molecule has 0 N–H and O–H groups in total. The Morgan fingerprint density at radius 3 is 2.54 bits per heavy atom. The summed E-state index contributed by atoms with van der Waals surface area (Å²) in [6.07, 6.45) is 4.12. The fraction of sp³-hybridized carbons (Fsp3) is 0.211. The summed E-state index contributed by atoms with van der Waals surface area (Å²) in [7, 11) is 0. The van der Waals surface area contributed by atoms with Gasteiger partial charge in [0.15, 0.2) is 11.5 Å². The molecule has 0 atom stereocenters. The second-order valence-electron chi connectivity index (χ2n) is 5.69. The molecule has 0 spiro atoms. The lowest BCUT2D eigenvalue weighted by molar-refractivity contribution is 0.171. The van der Waals surface area contributed by atoms with Gasteiger partial charge in [0.05, 0.1) is 10.2 Å². The van der Waals surface area contributed by atoms with Crippen LogP contribution in [-0.4, -0.2) is 18.2 Å². The van der Waals surface area contributed by atoms with Gasteiger partial charge in [0, 0.05) is 0 Å². The first kappa shape index (κ1) is 16.8. The van der Waals surface area contributed by atoms with Crippen LogP contribution in [0.3, 0.4) is 0 Å². The number of aromatic nitrogens is 1. The maximum absolute atomic E-state index is 5.62. The Hall–Kier alpha value is -2.04. The summed E-state index contributed by atoms with van der Waals surface area (Å²) >= 11 is 1.71. The van der Waals surface area contributed by atoms with E-state index in [-0.39, 0.29) is 12.4 Å². The minimum absolute atomic E-state index is 0. The predicted molar refractivity (Wildman–Crippen MR) is 103 cm³/mol. The molecule has 24 heavy (non-hydrogen) atoms. The van der Waals surface area contributed by atoms with E-state index in [4.69, 9.17) is 14.5 Å². The number of rotatable bonds is 2.